The van der Waals surface area contributed by atoms with Crippen LogP contribution in [0.5, 0.6) is 0 Å². The molecule has 2 aromatic carbocycles. The Morgan fingerprint density at radius 3 is 2.47 bits per heavy atom. The molecule has 9 heteroatoms. The van der Waals surface area contributed by atoms with E-state index in [-0.39, 0.29) is 16.9 Å². The fourth-order valence-corrected chi connectivity index (χ4v) is 3.50. The van der Waals surface area contributed by atoms with Gasteiger partial charge >= 0.3 is 12.2 Å². The van der Waals surface area contributed by atoms with Crippen LogP contribution in [0.15, 0.2) is 48.5 Å². The Balaban J connectivity index is 1.54. The first-order valence-corrected chi connectivity index (χ1v) is 9.41. The van der Waals surface area contributed by atoms with E-state index in [9.17, 15) is 22.4 Å². The van der Waals surface area contributed by atoms with Crippen LogP contribution in [0.25, 0.3) is 10.9 Å². The summed E-state index contributed by atoms with van der Waals surface area (Å²) in [5.41, 5.74) is -1.07. The zero-order valence-electron chi connectivity index (χ0n) is 15.8. The minimum atomic E-state index is -4.61. The standard InChI is InChI=1S/C21H18F4N4O/c22-16-12-14(11-13-7-8-18(28-19(13)16)29-9-3-4-10-29)26-20(30)27-17-6-2-1-5-15(17)21(23,24)25/h1-2,5-8,11-12H,3-4,9-10H2,(H2,26,27,30). The van der Waals surface area contributed by atoms with E-state index in [1.807, 2.05) is 0 Å². The van der Waals surface area contributed by atoms with E-state index in [2.05, 4.69) is 20.5 Å². The molecule has 2 N–H and O–H groups in total. The maximum absolute atomic E-state index is 14.6. The van der Waals surface area contributed by atoms with Gasteiger partial charge < -0.3 is 15.5 Å². The Hall–Kier alpha value is -3.36. The number of hydrogen-bond acceptors (Lipinski definition) is 3. The average Bonchev–Trinajstić information content (AvgIpc) is 3.22. The number of rotatable bonds is 3. The smallest absolute Gasteiger partial charge is 0.357 e. The number of alkyl halides is 3. The fourth-order valence-electron chi connectivity index (χ4n) is 3.50. The Bertz CT molecular complexity index is 1090. The summed E-state index contributed by atoms with van der Waals surface area (Å²) in [6.07, 6.45) is -2.48. The van der Waals surface area contributed by atoms with Gasteiger partial charge in [-0.2, -0.15) is 13.2 Å². The number of anilines is 3. The van der Waals surface area contributed by atoms with Gasteiger partial charge in [-0.25, -0.2) is 14.2 Å². The van der Waals surface area contributed by atoms with Crippen molar-refractivity contribution < 1.29 is 22.4 Å². The molecule has 30 heavy (non-hydrogen) atoms. The summed E-state index contributed by atoms with van der Waals surface area (Å²) in [6, 6.07) is 9.83. The number of nitrogens with one attached hydrogen (secondary N) is 2. The molecule has 156 valence electrons. The van der Waals surface area contributed by atoms with Crippen molar-refractivity contribution in [1.29, 1.82) is 0 Å². The Labute approximate surface area is 169 Å². The van der Waals surface area contributed by atoms with Gasteiger partial charge in [-0.3, -0.25) is 0 Å². The monoisotopic (exact) mass is 418 g/mol. The molecule has 4 rings (SSSR count). The lowest BCUT2D eigenvalue weighted by Gasteiger charge is -2.17. The van der Waals surface area contributed by atoms with Gasteiger partial charge in [0, 0.05) is 24.2 Å². The van der Waals surface area contributed by atoms with Crippen LogP contribution in [-0.2, 0) is 6.18 Å². The van der Waals surface area contributed by atoms with Crippen molar-refractivity contribution in [3.63, 3.8) is 0 Å². The fraction of sp³-hybridized carbons (Fsp3) is 0.238. The lowest BCUT2D eigenvalue weighted by atomic mass is 10.1. The van der Waals surface area contributed by atoms with Crippen molar-refractivity contribution >= 4 is 34.1 Å². The first kappa shape index (κ1) is 19.9. The van der Waals surface area contributed by atoms with Crippen molar-refractivity contribution in [2.45, 2.75) is 19.0 Å². The van der Waals surface area contributed by atoms with Crippen molar-refractivity contribution in [2.24, 2.45) is 0 Å². The Morgan fingerprint density at radius 2 is 1.73 bits per heavy atom. The molecule has 5 nitrogen and oxygen atoms in total. The number of benzene rings is 2. The number of fused-ring (bicyclic) bond motifs is 1. The van der Waals surface area contributed by atoms with Gasteiger partial charge in [0.25, 0.3) is 0 Å². The van der Waals surface area contributed by atoms with Crippen molar-refractivity contribution in [3.8, 4) is 0 Å². The Morgan fingerprint density at radius 1 is 1.00 bits per heavy atom. The maximum Gasteiger partial charge on any atom is 0.418 e. The summed E-state index contributed by atoms with van der Waals surface area (Å²) < 4.78 is 53.8. The van der Waals surface area contributed by atoms with Gasteiger partial charge in [-0.1, -0.05) is 12.1 Å². The average molecular weight is 418 g/mol. The minimum absolute atomic E-state index is 0.109. The molecule has 0 bridgehead atoms. The summed E-state index contributed by atoms with van der Waals surface area (Å²) in [5.74, 6) is 0.0700. The molecule has 0 saturated carbocycles. The molecule has 0 spiro atoms. The number of hydrogen-bond donors (Lipinski definition) is 2. The van der Waals surface area contributed by atoms with Crippen LogP contribution in [-0.4, -0.2) is 24.1 Å². The molecule has 2 heterocycles. The second kappa shape index (κ2) is 7.81. The van der Waals surface area contributed by atoms with Crippen LogP contribution in [0, 0.1) is 5.82 Å². The van der Waals surface area contributed by atoms with Crippen molar-refractivity contribution in [2.75, 3.05) is 28.6 Å². The first-order valence-electron chi connectivity index (χ1n) is 9.41. The van der Waals surface area contributed by atoms with Crippen molar-refractivity contribution in [3.05, 3.63) is 59.9 Å². The molecule has 1 aromatic heterocycles. The predicted octanol–water partition coefficient (Wildman–Crippen LogP) is 5.64. The summed E-state index contributed by atoms with van der Waals surface area (Å²) >= 11 is 0. The quantitative estimate of drug-likeness (QED) is 0.542. The third-order valence-electron chi connectivity index (χ3n) is 4.90. The van der Waals surface area contributed by atoms with Gasteiger partial charge in [0.05, 0.1) is 11.3 Å². The van der Waals surface area contributed by atoms with Gasteiger partial charge in [-0.15, -0.1) is 0 Å². The minimum Gasteiger partial charge on any atom is -0.357 e. The molecule has 1 aliphatic heterocycles. The van der Waals surface area contributed by atoms with Crippen molar-refractivity contribution in [1.82, 2.24) is 4.98 Å². The first-order chi connectivity index (χ1) is 14.3. The van der Waals surface area contributed by atoms with Crippen LogP contribution < -0.4 is 15.5 Å². The lowest BCUT2D eigenvalue weighted by molar-refractivity contribution is -0.136. The summed E-state index contributed by atoms with van der Waals surface area (Å²) in [4.78, 5) is 18.7. The highest BCUT2D eigenvalue weighted by atomic mass is 19.4. The lowest BCUT2D eigenvalue weighted by Crippen LogP contribution is -2.22. The van der Waals surface area contributed by atoms with E-state index >= 15 is 0 Å². The molecule has 0 aliphatic carbocycles. The van der Waals surface area contributed by atoms with E-state index in [0.717, 1.165) is 44.1 Å². The molecule has 0 unspecified atom stereocenters. The second-order valence-corrected chi connectivity index (χ2v) is 7.02. The molecule has 0 radical (unpaired) electrons. The number of nitrogens with zero attached hydrogens (tertiary/aromatic N) is 2. The van der Waals surface area contributed by atoms with Gasteiger partial charge in [0.1, 0.15) is 11.3 Å². The molecule has 1 fully saturated rings. The number of halogens is 4. The summed E-state index contributed by atoms with van der Waals surface area (Å²) in [7, 11) is 0. The predicted molar refractivity (Wildman–Crippen MR) is 107 cm³/mol. The molecular weight excluding hydrogens is 400 g/mol. The molecule has 1 saturated heterocycles. The largest absolute Gasteiger partial charge is 0.418 e. The zero-order valence-corrected chi connectivity index (χ0v) is 15.8. The normalized spacial score (nSPS) is 14.2. The summed E-state index contributed by atoms with van der Waals surface area (Å²) in [6.45, 7) is 1.75. The van der Waals surface area contributed by atoms with Crippen LogP contribution in [0.1, 0.15) is 18.4 Å². The number of carbonyl (C=O) groups excluding carboxylic acids is 1. The topological polar surface area (TPSA) is 57.3 Å². The number of amides is 2. The maximum atomic E-state index is 14.6. The molecule has 3 aromatic rings. The summed E-state index contributed by atoms with van der Waals surface area (Å²) in [5, 5.41) is 5.02. The molecular formula is C21H18F4N4O. The van der Waals surface area contributed by atoms with Gasteiger partial charge in [0.15, 0.2) is 5.82 Å². The number of carbonyl (C=O) groups is 1. The van der Waals surface area contributed by atoms with Crippen LogP contribution in [0.3, 0.4) is 0 Å². The second-order valence-electron chi connectivity index (χ2n) is 7.02. The highest BCUT2D eigenvalue weighted by molar-refractivity contribution is 6.01. The van der Waals surface area contributed by atoms with Crippen LogP contribution in [0.4, 0.5) is 39.5 Å². The zero-order chi connectivity index (χ0) is 21.3. The molecule has 1 aliphatic rings. The number of pyridine rings is 1. The SMILES string of the molecule is O=C(Nc1cc(F)c2nc(N3CCCC3)ccc2c1)Nc1ccccc1C(F)(F)F. The van der Waals surface area contributed by atoms with E-state index in [4.69, 9.17) is 0 Å². The van der Waals surface area contributed by atoms with Crippen LogP contribution in [0.2, 0.25) is 0 Å². The highest BCUT2D eigenvalue weighted by Gasteiger charge is 2.33. The van der Waals surface area contributed by atoms with E-state index in [0.29, 0.717) is 11.2 Å². The molecule has 0 atom stereocenters. The van der Waals surface area contributed by atoms with E-state index < -0.39 is 23.6 Å². The van der Waals surface area contributed by atoms with E-state index in [1.165, 1.54) is 18.2 Å². The Kier molecular flexibility index (Phi) is 5.19. The number of urea groups is 1. The van der Waals surface area contributed by atoms with Gasteiger partial charge in [0.2, 0.25) is 0 Å². The number of aromatic nitrogens is 1. The number of para-hydroxylation sites is 1. The van der Waals surface area contributed by atoms with Crippen LogP contribution >= 0.6 is 0 Å². The molecule has 2 amide bonds. The third kappa shape index (κ3) is 4.14. The van der Waals surface area contributed by atoms with Gasteiger partial charge in [-0.05, 0) is 49.2 Å². The highest BCUT2D eigenvalue weighted by Crippen LogP contribution is 2.34. The third-order valence-corrected chi connectivity index (χ3v) is 4.90. The van der Waals surface area contributed by atoms with E-state index in [1.54, 1.807) is 12.1 Å².